The van der Waals surface area contributed by atoms with Crippen LogP contribution < -0.4 is 16.2 Å². The lowest BCUT2D eigenvalue weighted by atomic mass is 9.77. The minimum atomic E-state index is -0.749. The Labute approximate surface area is 131 Å². The highest BCUT2D eigenvalue weighted by molar-refractivity contribution is 6.30. The number of nitrogens with one attached hydrogen (secondary N) is 1. The van der Waals surface area contributed by atoms with Gasteiger partial charge in [0.25, 0.3) is 5.91 Å². The molecule has 116 valence electrons. The maximum Gasteiger partial charge on any atom is 0.259 e. The molecule has 1 aromatic rings. The number of hydrogen-bond acceptors (Lipinski definition) is 3. The van der Waals surface area contributed by atoms with Gasteiger partial charge in [-0.2, -0.15) is 0 Å². The first kappa shape index (κ1) is 16.1. The number of hydrazine groups is 1. The third kappa shape index (κ3) is 2.62. The number of carbonyl (C=O) groups excluding carboxylic acids is 1. The molecule has 0 radical (unpaired) electrons. The van der Waals surface area contributed by atoms with Crippen LogP contribution in [-0.4, -0.2) is 17.0 Å². The Hall–Kier alpha value is -1.26. The first-order valence-electron chi connectivity index (χ1n) is 7.22. The maximum absolute atomic E-state index is 12.3. The molecule has 0 fully saturated rings. The van der Waals surface area contributed by atoms with Gasteiger partial charge in [-0.05, 0) is 63.8 Å². The van der Waals surface area contributed by atoms with Crippen LogP contribution in [-0.2, 0) is 4.79 Å². The predicted molar refractivity (Wildman–Crippen MR) is 87.5 cm³/mol. The van der Waals surface area contributed by atoms with Gasteiger partial charge in [-0.1, -0.05) is 18.5 Å². The van der Waals surface area contributed by atoms with E-state index in [4.69, 9.17) is 17.4 Å². The lowest BCUT2D eigenvalue weighted by Gasteiger charge is -2.54. The van der Waals surface area contributed by atoms with Gasteiger partial charge in [0.1, 0.15) is 5.54 Å². The summed E-state index contributed by atoms with van der Waals surface area (Å²) in [6.07, 6.45) is 0.946. The molecule has 21 heavy (non-hydrogen) atoms. The van der Waals surface area contributed by atoms with Crippen LogP contribution in [0.25, 0.3) is 0 Å². The predicted octanol–water partition coefficient (Wildman–Crippen LogP) is 3.20. The molecule has 0 saturated carbocycles. The number of rotatable bonds is 2. The normalized spacial score (nSPS) is 20.9. The summed E-state index contributed by atoms with van der Waals surface area (Å²) in [5.74, 6) is 5.57. The van der Waals surface area contributed by atoms with Crippen molar-refractivity contribution in [2.45, 2.75) is 58.0 Å². The monoisotopic (exact) mass is 309 g/mol. The number of hydrogen-bond donors (Lipinski definition) is 2. The molecule has 0 saturated heterocycles. The Morgan fingerprint density at radius 2 is 2.10 bits per heavy atom. The summed E-state index contributed by atoms with van der Waals surface area (Å²) >= 11 is 6.15. The summed E-state index contributed by atoms with van der Waals surface area (Å²) in [4.78, 5) is 14.4. The molecule has 1 amide bonds. The van der Waals surface area contributed by atoms with Crippen LogP contribution >= 0.6 is 11.6 Å². The molecule has 0 unspecified atom stereocenters. The van der Waals surface area contributed by atoms with Gasteiger partial charge >= 0.3 is 0 Å². The van der Waals surface area contributed by atoms with Crippen LogP contribution in [0.2, 0.25) is 5.02 Å². The van der Waals surface area contributed by atoms with Crippen LogP contribution in [0.1, 0.15) is 52.5 Å². The quantitative estimate of drug-likeness (QED) is 0.501. The first-order chi connectivity index (χ1) is 9.61. The topological polar surface area (TPSA) is 58.4 Å². The van der Waals surface area contributed by atoms with Gasteiger partial charge in [-0.3, -0.25) is 10.2 Å². The van der Waals surface area contributed by atoms with E-state index in [1.54, 1.807) is 0 Å². The van der Waals surface area contributed by atoms with Crippen molar-refractivity contribution in [3.05, 3.63) is 28.8 Å². The third-order valence-electron chi connectivity index (χ3n) is 4.42. The largest absolute Gasteiger partial charge is 0.352 e. The first-order valence-corrected chi connectivity index (χ1v) is 7.60. The highest BCUT2D eigenvalue weighted by atomic mass is 35.5. The van der Waals surface area contributed by atoms with E-state index in [9.17, 15) is 4.79 Å². The SMILES string of the molecule is C[C@@H]1CC(C)(C)N(C(C)(C)C(=O)NN)c2ccc(Cl)cc21. The van der Waals surface area contributed by atoms with Crippen molar-refractivity contribution in [2.24, 2.45) is 5.84 Å². The fourth-order valence-corrected chi connectivity index (χ4v) is 3.92. The van der Waals surface area contributed by atoms with E-state index in [2.05, 4.69) is 31.1 Å². The lowest BCUT2D eigenvalue weighted by Crippen LogP contribution is -2.65. The number of nitrogens with zero attached hydrogens (tertiary/aromatic N) is 1. The molecule has 3 N–H and O–H groups in total. The molecule has 2 rings (SSSR count). The van der Waals surface area contributed by atoms with Crippen molar-refractivity contribution in [2.75, 3.05) is 4.90 Å². The van der Waals surface area contributed by atoms with Crippen molar-refractivity contribution in [1.82, 2.24) is 5.43 Å². The summed E-state index contributed by atoms with van der Waals surface area (Å²) in [5, 5.41) is 0.723. The fourth-order valence-electron chi connectivity index (χ4n) is 3.74. The van der Waals surface area contributed by atoms with Crippen molar-refractivity contribution in [3.63, 3.8) is 0 Å². The molecule has 1 atom stereocenters. The Morgan fingerprint density at radius 3 is 2.67 bits per heavy atom. The highest BCUT2D eigenvalue weighted by Gasteiger charge is 2.46. The third-order valence-corrected chi connectivity index (χ3v) is 4.65. The molecule has 1 aliphatic heterocycles. The van der Waals surface area contributed by atoms with Gasteiger partial charge in [0.05, 0.1) is 0 Å². The molecule has 0 aliphatic carbocycles. The summed E-state index contributed by atoms with van der Waals surface area (Å²) in [7, 11) is 0. The van der Waals surface area contributed by atoms with Crippen LogP contribution in [0.4, 0.5) is 5.69 Å². The maximum atomic E-state index is 12.3. The van der Waals surface area contributed by atoms with Gasteiger partial charge in [-0.15, -0.1) is 0 Å². The van der Waals surface area contributed by atoms with E-state index in [0.717, 1.165) is 17.1 Å². The minimum Gasteiger partial charge on any atom is -0.352 e. The van der Waals surface area contributed by atoms with Crippen LogP contribution in [0.15, 0.2) is 18.2 Å². The van der Waals surface area contributed by atoms with Crippen molar-refractivity contribution >= 4 is 23.2 Å². The number of fused-ring (bicyclic) bond motifs is 1. The van der Waals surface area contributed by atoms with E-state index < -0.39 is 5.54 Å². The Kier molecular flexibility index (Phi) is 3.98. The van der Waals surface area contributed by atoms with E-state index in [-0.39, 0.29) is 11.4 Å². The fraction of sp³-hybridized carbons (Fsp3) is 0.562. The number of halogens is 1. The van der Waals surface area contributed by atoms with Gasteiger partial charge in [0.2, 0.25) is 0 Å². The van der Waals surface area contributed by atoms with Gasteiger partial charge in [0, 0.05) is 16.2 Å². The summed E-state index contributed by atoms with van der Waals surface area (Å²) in [6.45, 7) is 10.3. The molecule has 0 spiro atoms. The van der Waals surface area contributed by atoms with Gasteiger partial charge in [-0.25, -0.2) is 5.84 Å². The van der Waals surface area contributed by atoms with Crippen LogP contribution in [0, 0.1) is 0 Å². The second-order valence-electron chi connectivity index (χ2n) is 6.99. The van der Waals surface area contributed by atoms with E-state index in [0.29, 0.717) is 5.92 Å². The molecule has 5 heteroatoms. The van der Waals surface area contributed by atoms with E-state index in [1.165, 1.54) is 5.56 Å². The average Bonchev–Trinajstić information content (AvgIpc) is 2.37. The molecule has 4 nitrogen and oxygen atoms in total. The van der Waals surface area contributed by atoms with E-state index >= 15 is 0 Å². The Bertz CT molecular complexity index is 569. The Morgan fingerprint density at radius 1 is 1.48 bits per heavy atom. The van der Waals surface area contributed by atoms with E-state index in [1.807, 2.05) is 32.0 Å². The number of benzene rings is 1. The second-order valence-corrected chi connectivity index (χ2v) is 7.43. The van der Waals surface area contributed by atoms with Crippen molar-refractivity contribution in [3.8, 4) is 0 Å². The van der Waals surface area contributed by atoms with Crippen LogP contribution in [0.3, 0.4) is 0 Å². The van der Waals surface area contributed by atoms with Gasteiger partial charge < -0.3 is 4.90 Å². The molecule has 0 bridgehead atoms. The smallest absolute Gasteiger partial charge is 0.259 e. The lowest BCUT2D eigenvalue weighted by molar-refractivity contribution is -0.126. The van der Waals surface area contributed by atoms with Gasteiger partial charge in [0.15, 0.2) is 0 Å². The number of carbonyl (C=O) groups is 1. The standard InChI is InChI=1S/C16H24ClN3O/c1-10-9-15(2,3)20(16(4,5)14(21)19-18)13-7-6-11(17)8-12(10)13/h6-8,10H,9,18H2,1-5H3,(H,19,21)/t10-/m1/s1. The number of amides is 1. The number of anilines is 1. The molecule has 1 aromatic carbocycles. The summed E-state index contributed by atoms with van der Waals surface area (Å²) < 4.78 is 0. The molecule has 1 aliphatic rings. The average molecular weight is 310 g/mol. The van der Waals surface area contributed by atoms with Crippen molar-refractivity contribution in [1.29, 1.82) is 0 Å². The second kappa shape index (κ2) is 5.18. The summed E-state index contributed by atoms with van der Waals surface area (Å²) in [6, 6.07) is 5.87. The Balaban J connectivity index is 2.63. The number of nitrogens with two attached hydrogens (primary N) is 1. The molecule has 1 heterocycles. The summed E-state index contributed by atoms with van der Waals surface area (Å²) in [5.41, 5.74) is 3.61. The zero-order valence-corrected chi connectivity index (χ0v) is 14.1. The highest BCUT2D eigenvalue weighted by Crippen LogP contribution is 2.47. The zero-order valence-electron chi connectivity index (χ0n) is 13.3. The minimum absolute atomic E-state index is 0.156. The molecular formula is C16H24ClN3O. The molecular weight excluding hydrogens is 286 g/mol. The molecule has 0 aromatic heterocycles. The van der Waals surface area contributed by atoms with Crippen LogP contribution in [0.5, 0.6) is 0 Å². The zero-order chi connectivity index (χ0) is 16.0. The van der Waals surface area contributed by atoms with Crippen molar-refractivity contribution < 1.29 is 4.79 Å².